The van der Waals surface area contributed by atoms with Crippen molar-refractivity contribution in [2.24, 2.45) is 0 Å². The second-order valence-corrected chi connectivity index (χ2v) is 3.54. The van der Waals surface area contributed by atoms with Gasteiger partial charge in [0, 0.05) is 33.4 Å². The maximum absolute atomic E-state index is 5.27. The lowest BCUT2D eigenvalue weighted by molar-refractivity contribution is 0.140. The lowest BCUT2D eigenvalue weighted by atomic mass is 10.4. The zero-order valence-electron chi connectivity index (χ0n) is 10.6. The third kappa shape index (κ3) is 5.71. The van der Waals surface area contributed by atoms with E-state index in [9.17, 15) is 0 Å². The van der Waals surface area contributed by atoms with Gasteiger partial charge in [0.1, 0.15) is 0 Å². The van der Waals surface area contributed by atoms with Gasteiger partial charge in [0.15, 0.2) is 5.82 Å². The molecule has 0 atom stereocenters. The maximum atomic E-state index is 5.27. The zero-order chi connectivity index (χ0) is 12.3. The first-order valence-corrected chi connectivity index (χ1v) is 5.91. The van der Waals surface area contributed by atoms with Gasteiger partial charge in [0.25, 0.3) is 0 Å². The molecule has 0 bridgehead atoms. The molecule has 1 aromatic heterocycles. The summed E-state index contributed by atoms with van der Waals surface area (Å²) >= 11 is 0. The second-order valence-electron chi connectivity index (χ2n) is 3.54. The standard InChI is InChI=1S/C10H21N5O2/c1-3-17-7-4-6-15-10(12-13-14-15)9-11-5-8-16-2/h11H,3-9H2,1-2H3. The number of methoxy groups -OCH3 is 1. The molecule has 0 aromatic carbocycles. The number of aromatic nitrogens is 4. The van der Waals surface area contributed by atoms with Crippen molar-refractivity contribution in [3.05, 3.63) is 5.82 Å². The Morgan fingerprint density at radius 2 is 2.24 bits per heavy atom. The minimum atomic E-state index is 0.658. The van der Waals surface area contributed by atoms with Crippen molar-refractivity contribution < 1.29 is 9.47 Å². The van der Waals surface area contributed by atoms with E-state index in [0.29, 0.717) is 13.2 Å². The third-order valence-electron chi connectivity index (χ3n) is 2.23. The van der Waals surface area contributed by atoms with Crippen molar-refractivity contribution in [2.75, 3.05) is 33.5 Å². The summed E-state index contributed by atoms with van der Waals surface area (Å²) in [4.78, 5) is 0. The van der Waals surface area contributed by atoms with Crippen LogP contribution in [0.5, 0.6) is 0 Å². The Morgan fingerprint density at radius 3 is 3.00 bits per heavy atom. The molecule has 7 nitrogen and oxygen atoms in total. The summed E-state index contributed by atoms with van der Waals surface area (Å²) in [5.74, 6) is 0.845. The maximum Gasteiger partial charge on any atom is 0.165 e. The van der Waals surface area contributed by atoms with Gasteiger partial charge in [-0.25, -0.2) is 4.68 Å². The molecule has 7 heteroatoms. The van der Waals surface area contributed by atoms with E-state index < -0.39 is 0 Å². The van der Waals surface area contributed by atoms with E-state index in [4.69, 9.17) is 9.47 Å². The largest absolute Gasteiger partial charge is 0.383 e. The summed E-state index contributed by atoms with van der Waals surface area (Å²) < 4.78 is 12.0. The minimum Gasteiger partial charge on any atom is -0.383 e. The van der Waals surface area contributed by atoms with Crippen molar-refractivity contribution in [1.29, 1.82) is 0 Å². The normalized spacial score (nSPS) is 10.9. The number of rotatable bonds is 10. The Hall–Kier alpha value is -1.05. The molecule has 1 N–H and O–H groups in total. The summed E-state index contributed by atoms with van der Waals surface area (Å²) in [5.41, 5.74) is 0. The van der Waals surface area contributed by atoms with Crippen LogP contribution in [0.1, 0.15) is 19.2 Å². The minimum absolute atomic E-state index is 0.658. The highest BCUT2D eigenvalue weighted by Crippen LogP contribution is 1.94. The molecule has 1 heterocycles. The molecule has 0 aliphatic carbocycles. The molecule has 0 radical (unpaired) electrons. The van der Waals surface area contributed by atoms with Gasteiger partial charge in [-0.1, -0.05) is 0 Å². The summed E-state index contributed by atoms with van der Waals surface area (Å²) in [6.07, 6.45) is 0.921. The molecule has 0 unspecified atom stereocenters. The Balaban J connectivity index is 2.22. The number of hydrogen-bond acceptors (Lipinski definition) is 6. The summed E-state index contributed by atoms with van der Waals surface area (Å²) in [6, 6.07) is 0. The van der Waals surface area contributed by atoms with E-state index in [0.717, 1.165) is 38.5 Å². The average molecular weight is 243 g/mol. The number of nitrogens with zero attached hydrogens (tertiary/aromatic N) is 4. The quantitative estimate of drug-likeness (QED) is 0.575. The zero-order valence-corrected chi connectivity index (χ0v) is 10.6. The van der Waals surface area contributed by atoms with E-state index in [-0.39, 0.29) is 0 Å². The number of aryl methyl sites for hydroxylation is 1. The van der Waals surface area contributed by atoms with E-state index in [2.05, 4.69) is 20.8 Å². The third-order valence-corrected chi connectivity index (χ3v) is 2.23. The van der Waals surface area contributed by atoms with Crippen LogP contribution in [0.4, 0.5) is 0 Å². The Kier molecular flexibility index (Phi) is 7.44. The van der Waals surface area contributed by atoms with Gasteiger partial charge in [-0.05, 0) is 23.8 Å². The molecule has 98 valence electrons. The first-order chi connectivity index (χ1) is 8.38. The summed E-state index contributed by atoms with van der Waals surface area (Å²) in [6.45, 7) is 6.41. The molecule has 1 aromatic rings. The summed E-state index contributed by atoms with van der Waals surface area (Å²) in [5, 5.41) is 14.8. The van der Waals surface area contributed by atoms with Gasteiger partial charge >= 0.3 is 0 Å². The smallest absolute Gasteiger partial charge is 0.165 e. The Morgan fingerprint density at radius 1 is 1.35 bits per heavy atom. The molecule has 0 aliphatic rings. The molecule has 1 rings (SSSR count). The molecular weight excluding hydrogens is 222 g/mol. The van der Waals surface area contributed by atoms with Crippen molar-refractivity contribution in [1.82, 2.24) is 25.5 Å². The predicted molar refractivity (Wildman–Crippen MR) is 62.5 cm³/mol. The van der Waals surface area contributed by atoms with Crippen molar-refractivity contribution in [3.63, 3.8) is 0 Å². The predicted octanol–water partition coefficient (Wildman–Crippen LogP) is -0.164. The van der Waals surface area contributed by atoms with Crippen molar-refractivity contribution >= 4 is 0 Å². The van der Waals surface area contributed by atoms with Gasteiger partial charge in [0.2, 0.25) is 0 Å². The SMILES string of the molecule is CCOCCCn1nnnc1CNCCOC. The topological polar surface area (TPSA) is 74.1 Å². The van der Waals surface area contributed by atoms with Gasteiger partial charge in [-0.3, -0.25) is 0 Å². The van der Waals surface area contributed by atoms with Crippen LogP contribution in [0.25, 0.3) is 0 Å². The lowest BCUT2D eigenvalue weighted by Gasteiger charge is -2.05. The van der Waals surface area contributed by atoms with Crippen LogP contribution in [0.15, 0.2) is 0 Å². The number of ether oxygens (including phenoxy) is 2. The van der Waals surface area contributed by atoms with Crippen LogP contribution in [-0.2, 0) is 22.6 Å². The van der Waals surface area contributed by atoms with Crippen LogP contribution in [-0.4, -0.2) is 53.7 Å². The van der Waals surface area contributed by atoms with E-state index in [1.165, 1.54) is 0 Å². The van der Waals surface area contributed by atoms with Crippen LogP contribution in [0.2, 0.25) is 0 Å². The molecule has 0 saturated heterocycles. The van der Waals surface area contributed by atoms with Crippen LogP contribution in [0, 0.1) is 0 Å². The number of tetrazole rings is 1. The Labute approximate surface area is 101 Å². The molecule has 0 fully saturated rings. The molecular formula is C10H21N5O2. The van der Waals surface area contributed by atoms with Crippen molar-refractivity contribution in [2.45, 2.75) is 26.4 Å². The first kappa shape index (κ1) is 14.0. The Bertz CT molecular complexity index is 265. The summed E-state index contributed by atoms with van der Waals surface area (Å²) in [7, 11) is 1.68. The molecule has 0 saturated carbocycles. The fourth-order valence-corrected chi connectivity index (χ4v) is 1.36. The highest BCUT2D eigenvalue weighted by molar-refractivity contribution is 4.79. The first-order valence-electron chi connectivity index (χ1n) is 5.91. The van der Waals surface area contributed by atoms with Crippen molar-refractivity contribution in [3.8, 4) is 0 Å². The molecule has 0 aliphatic heterocycles. The van der Waals surface area contributed by atoms with E-state index >= 15 is 0 Å². The highest BCUT2D eigenvalue weighted by Gasteiger charge is 2.04. The van der Waals surface area contributed by atoms with Gasteiger partial charge in [-0.2, -0.15) is 0 Å². The van der Waals surface area contributed by atoms with Crippen LogP contribution < -0.4 is 5.32 Å². The number of hydrogen-bond donors (Lipinski definition) is 1. The monoisotopic (exact) mass is 243 g/mol. The highest BCUT2D eigenvalue weighted by atomic mass is 16.5. The molecule has 17 heavy (non-hydrogen) atoms. The lowest BCUT2D eigenvalue weighted by Crippen LogP contribution is -2.21. The fraction of sp³-hybridized carbons (Fsp3) is 0.900. The van der Waals surface area contributed by atoms with E-state index in [1.807, 2.05) is 6.92 Å². The average Bonchev–Trinajstić information content (AvgIpc) is 2.78. The number of nitrogens with one attached hydrogen (secondary N) is 1. The second kappa shape index (κ2) is 9.03. The van der Waals surface area contributed by atoms with Gasteiger partial charge < -0.3 is 14.8 Å². The van der Waals surface area contributed by atoms with Gasteiger partial charge in [-0.15, -0.1) is 5.10 Å². The van der Waals surface area contributed by atoms with Gasteiger partial charge in [0.05, 0.1) is 13.2 Å². The van der Waals surface area contributed by atoms with E-state index in [1.54, 1.807) is 11.8 Å². The molecule has 0 spiro atoms. The molecule has 0 amide bonds. The van der Waals surface area contributed by atoms with Crippen LogP contribution in [0.3, 0.4) is 0 Å². The van der Waals surface area contributed by atoms with Crippen LogP contribution >= 0.6 is 0 Å². The fourth-order valence-electron chi connectivity index (χ4n) is 1.36.